The lowest BCUT2D eigenvalue weighted by molar-refractivity contribution is 0.598. The number of para-hydroxylation sites is 2. The molecule has 8 nitrogen and oxygen atoms in total. The Morgan fingerprint density at radius 3 is 1.08 bits per heavy atom. The Morgan fingerprint density at radius 1 is 0.339 bits per heavy atom. The number of nitriles is 2. The third kappa shape index (κ3) is 4.42. The van der Waals surface area contributed by atoms with Crippen molar-refractivity contribution >= 4 is 131 Å². The SMILES string of the molecule is Cn1c2ccccc2c2c3c(ccc21)oc1c(C#N)c2oc4ccc5ccccc5c4c4c(ccc5ccccc54)oc2c(C#N)c1oc1ccc2c(c4ccccc4n2C)c13. The molecule has 0 N–H and O–H groups in total. The van der Waals surface area contributed by atoms with Crippen LogP contribution in [0.25, 0.3) is 131 Å². The summed E-state index contributed by atoms with van der Waals surface area (Å²) in [6.07, 6.45) is 0. The van der Waals surface area contributed by atoms with E-state index in [1.54, 1.807) is 0 Å². The first-order valence-corrected chi connectivity index (χ1v) is 20.3. The van der Waals surface area contributed by atoms with Crippen molar-refractivity contribution in [3.63, 3.8) is 0 Å². The highest BCUT2D eigenvalue weighted by molar-refractivity contribution is 6.34. The highest BCUT2D eigenvalue weighted by atomic mass is 16.4. The summed E-state index contributed by atoms with van der Waals surface area (Å²) in [7, 11) is 4.13. The topological polar surface area (TPSA) is 110 Å². The lowest BCUT2D eigenvalue weighted by Gasteiger charge is -2.12. The summed E-state index contributed by atoms with van der Waals surface area (Å²) in [5, 5.41) is 33.8. The summed E-state index contributed by atoms with van der Waals surface area (Å²) < 4.78 is 32.5. The standard InChI is InChI=1S/C54H30N4O4/c1-57-37-17-9-7-15-33(37)45-39(57)21-25-43-49(45)50-44(26-22-40-46(50)34-16-8-10-18-38(34)58(40)2)62-54-36(28-56)52-51(35(27-55)53(54)61-43)59-41-23-19-29-11-3-5-13-31(29)47(41)48-32-14-6-4-12-30(32)20-24-42(48)60-52/h3-26H,1-2H3. The van der Waals surface area contributed by atoms with Gasteiger partial charge in [-0.15, -0.1) is 0 Å². The average molecular weight is 799 g/mol. The van der Waals surface area contributed by atoms with Gasteiger partial charge in [-0.05, 0) is 70.1 Å². The maximum atomic E-state index is 11.3. The molecule has 0 fully saturated rings. The molecule has 0 aliphatic carbocycles. The van der Waals surface area contributed by atoms with Crippen LogP contribution in [0, 0.1) is 22.7 Å². The number of benzene rings is 9. The van der Waals surface area contributed by atoms with Crippen LogP contribution in [0.15, 0.2) is 163 Å². The van der Waals surface area contributed by atoms with Gasteiger partial charge in [0.1, 0.15) is 45.6 Å². The van der Waals surface area contributed by atoms with Gasteiger partial charge in [-0.2, -0.15) is 10.5 Å². The molecule has 0 amide bonds. The summed E-state index contributed by atoms with van der Waals surface area (Å²) >= 11 is 0. The molecule has 0 saturated heterocycles. The Morgan fingerprint density at radius 2 is 0.677 bits per heavy atom. The molecule has 13 aromatic rings. The molecule has 0 spiro atoms. The van der Waals surface area contributed by atoms with Gasteiger partial charge in [0.05, 0.1) is 0 Å². The van der Waals surface area contributed by atoms with Crippen molar-refractivity contribution in [1.82, 2.24) is 9.13 Å². The highest BCUT2D eigenvalue weighted by Gasteiger charge is 2.26. The second-order valence-corrected chi connectivity index (χ2v) is 15.8. The minimum Gasteiger partial charge on any atom is -0.451 e. The van der Waals surface area contributed by atoms with E-state index in [0.29, 0.717) is 22.3 Å². The van der Waals surface area contributed by atoms with Gasteiger partial charge < -0.3 is 26.8 Å². The minimum atomic E-state index is 0.0241. The first-order valence-electron chi connectivity index (χ1n) is 20.3. The van der Waals surface area contributed by atoms with Gasteiger partial charge in [-0.3, -0.25) is 0 Å². The van der Waals surface area contributed by atoms with Gasteiger partial charge in [0.25, 0.3) is 0 Å². The first kappa shape index (κ1) is 34.2. The van der Waals surface area contributed by atoms with Gasteiger partial charge in [-0.1, -0.05) is 97.1 Å². The molecule has 0 atom stereocenters. The quantitative estimate of drug-likeness (QED) is 0.151. The number of fused-ring (bicyclic) bond motifs is 20. The number of aryl methyl sites for hydroxylation is 2. The number of hydrogen-bond donors (Lipinski definition) is 0. The fourth-order valence-corrected chi connectivity index (χ4v) is 10.0. The number of hydrogen-bond acceptors (Lipinski definition) is 6. The van der Waals surface area contributed by atoms with Crippen LogP contribution in [-0.4, -0.2) is 9.13 Å². The van der Waals surface area contributed by atoms with E-state index in [4.69, 9.17) is 17.7 Å². The van der Waals surface area contributed by atoms with E-state index in [1.807, 2.05) is 97.1 Å². The van der Waals surface area contributed by atoms with E-state index >= 15 is 0 Å². The van der Waals surface area contributed by atoms with Gasteiger partial charge >= 0.3 is 0 Å². The molecule has 0 aliphatic heterocycles. The lowest BCUT2D eigenvalue weighted by atomic mass is 9.98. The average Bonchev–Trinajstić information content (AvgIpc) is 3.76. The van der Waals surface area contributed by atoms with Crippen molar-refractivity contribution in [2.45, 2.75) is 0 Å². The molecule has 8 heteroatoms. The van der Waals surface area contributed by atoms with Gasteiger partial charge in [-0.25, -0.2) is 0 Å². The normalized spacial score (nSPS) is 12.0. The Balaban J connectivity index is 1.34. The van der Waals surface area contributed by atoms with Crippen LogP contribution in [0.5, 0.6) is 0 Å². The molecule has 62 heavy (non-hydrogen) atoms. The zero-order chi connectivity index (χ0) is 41.4. The summed E-state index contributed by atoms with van der Waals surface area (Å²) in [4.78, 5) is 0. The third-order valence-corrected chi connectivity index (χ3v) is 12.8. The number of rotatable bonds is 0. The van der Waals surface area contributed by atoms with Crippen LogP contribution < -0.4 is 0 Å². The maximum Gasteiger partial charge on any atom is 0.193 e. The summed E-state index contributed by atoms with van der Waals surface area (Å²) in [5.41, 5.74) is 6.37. The number of aromatic nitrogens is 2. The molecule has 0 unspecified atom stereocenters. The lowest BCUT2D eigenvalue weighted by Crippen LogP contribution is -1.92. The molecule has 0 radical (unpaired) electrons. The van der Waals surface area contributed by atoms with Crippen molar-refractivity contribution in [3.8, 4) is 12.1 Å². The largest absolute Gasteiger partial charge is 0.451 e. The van der Waals surface area contributed by atoms with Crippen molar-refractivity contribution < 1.29 is 17.7 Å². The monoisotopic (exact) mass is 798 g/mol. The zero-order valence-electron chi connectivity index (χ0n) is 33.3. The Hall–Kier alpha value is -8.72. The molecule has 4 aromatic heterocycles. The fraction of sp³-hybridized carbons (Fsp3) is 0.0370. The molecular formula is C54H30N4O4. The van der Waals surface area contributed by atoms with E-state index in [-0.39, 0.29) is 33.5 Å². The molecule has 290 valence electrons. The Kier molecular flexibility index (Phi) is 6.84. The second kappa shape index (κ2) is 12.4. The van der Waals surface area contributed by atoms with E-state index < -0.39 is 0 Å². The molecular weight excluding hydrogens is 769 g/mol. The van der Waals surface area contributed by atoms with Crippen LogP contribution in [0.3, 0.4) is 0 Å². The van der Waals surface area contributed by atoms with E-state index in [2.05, 4.69) is 83.9 Å². The summed E-state index contributed by atoms with van der Waals surface area (Å²) in [6, 6.07) is 53.5. The van der Waals surface area contributed by atoms with Gasteiger partial charge in [0.2, 0.25) is 0 Å². The predicted octanol–water partition coefficient (Wildman–Crippen LogP) is 14.6. The molecule has 9 aromatic carbocycles. The van der Waals surface area contributed by atoms with Crippen LogP contribution in [-0.2, 0) is 14.1 Å². The molecule has 0 bridgehead atoms. The van der Waals surface area contributed by atoms with Crippen molar-refractivity contribution in [1.29, 1.82) is 10.5 Å². The molecule has 0 saturated carbocycles. The van der Waals surface area contributed by atoms with E-state index in [9.17, 15) is 10.5 Å². The molecule has 13 rings (SSSR count). The highest BCUT2D eigenvalue weighted by Crippen LogP contribution is 2.45. The number of nitrogens with zero attached hydrogens (tertiary/aromatic N) is 4. The maximum absolute atomic E-state index is 11.3. The van der Waals surface area contributed by atoms with Crippen LogP contribution in [0.4, 0.5) is 0 Å². The van der Waals surface area contributed by atoms with Crippen molar-refractivity contribution in [3.05, 3.63) is 157 Å². The van der Waals surface area contributed by atoms with Crippen LogP contribution >= 0.6 is 0 Å². The summed E-state index contributed by atoms with van der Waals surface area (Å²) in [6.45, 7) is 0. The zero-order valence-corrected chi connectivity index (χ0v) is 33.3. The van der Waals surface area contributed by atoms with Gasteiger partial charge in [0, 0.05) is 79.3 Å². The minimum absolute atomic E-state index is 0.0241. The smallest absolute Gasteiger partial charge is 0.193 e. The van der Waals surface area contributed by atoms with Gasteiger partial charge in [0.15, 0.2) is 22.3 Å². The third-order valence-electron chi connectivity index (χ3n) is 12.8. The second-order valence-electron chi connectivity index (χ2n) is 15.8. The Labute approximate surface area is 350 Å². The first-order chi connectivity index (χ1) is 30.5. The van der Waals surface area contributed by atoms with Crippen LogP contribution in [0.2, 0.25) is 0 Å². The molecule has 4 heterocycles. The van der Waals surface area contributed by atoms with E-state index in [0.717, 1.165) is 86.7 Å². The summed E-state index contributed by atoms with van der Waals surface area (Å²) in [5.74, 6) is 0. The van der Waals surface area contributed by atoms with Crippen molar-refractivity contribution in [2.24, 2.45) is 14.1 Å². The Bertz CT molecular complexity index is 4120. The van der Waals surface area contributed by atoms with E-state index in [1.165, 1.54) is 0 Å². The van der Waals surface area contributed by atoms with Crippen molar-refractivity contribution in [2.75, 3.05) is 0 Å². The fourth-order valence-electron chi connectivity index (χ4n) is 10.0. The van der Waals surface area contributed by atoms with Crippen LogP contribution in [0.1, 0.15) is 11.1 Å². The predicted molar refractivity (Wildman–Crippen MR) is 248 cm³/mol. The molecule has 0 aliphatic rings.